The quantitative estimate of drug-likeness (QED) is 0.616. The van der Waals surface area contributed by atoms with E-state index in [0.717, 1.165) is 14.0 Å². The van der Waals surface area contributed by atoms with Crippen LogP contribution in [0.2, 0.25) is 5.15 Å². The van der Waals surface area contributed by atoms with Crippen LogP contribution in [0.3, 0.4) is 0 Å². The van der Waals surface area contributed by atoms with Crippen LogP contribution >= 0.6 is 34.7 Å². The average molecular weight is 411 g/mol. The van der Waals surface area contributed by atoms with Crippen molar-refractivity contribution < 1.29 is 14.3 Å². The fraction of sp³-hybridized carbons (Fsp3) is 0.125. The van der Waals surface area contributed by atoms with Crippen LogP contribution in [0.25, 0.3) is 11.3 Å². The second-order valence-electron chi connectivity index (χ2n) is 5.14. The molecule has 0 aliphatic heterocycles. The number of aromatic nitrogens is 3. The Morgan fingerprint density at radius 1 is 1.38 bits per heavy atom. The van der Waals surface area contributed by atoms with Gasteiger partial charge >= 0.3 is 6.09 Å². The number of pyridine rings is 2. The number of amides is 1. The summed E-state index contributed by atoms with van der Waals surface area (Å²) in [6, 6.07) is 6.67. The zero-order chi connectivity index (χ0) is 18.7. The van der Waals surface area contributed by atoms with E-state index < -0.39 is 12.0 Å². The number of thiazole rings is 1. The minimum atomic E-state index is -1.06. The first-order valence-corrected chi connectivity index (χ1v) is 9.29. The number of hydrogen-bond acceptors (Lipinski definition) is 6. The molecular formula is C16H12ClFN4O2S2. The Labute approximate surface area is 161 Å². The van der Waals surface area contributed by atoms with Crippen molar-refractivity contribution in [2.24, 2.45) is 0 Å². The maximum Gasteiger partial charge on any atom is 0.407 e. The summed E-state index contributed by atoms with van der Waals surface area (Å²) in [6.07, 6.45) is 1.91. The van der Waals surface area contributed by atoms with Gasteiger partial charge in [-0.2, -0.15) is 4.39 Å². The summed E-state index contributed by atoms with van der Waals surface area (Å²) in [5, 5.41) is 9.98. The molecule has 26 heavy (non-hydrogen) atoms. The molecule has 0 aromatic carbocycles. The summed E-state index contributed by atoms with van der Waals surface area (Å²) in [7, 11) is 1.45. The number of rotatable bonds is 5. The molecule has 1 N–H and O–H groups in total. The number of carboxylic acid groups (broad SMARTS) is 1. The predicted molar refractivity (Wildman–Crippen MR) is 98.2 cm³/mol. The van der Waals surface area contributed by atoms with Crippen LogP contribution < -0.4 is 0 Å². The highest BCUT2D eigenvalue weighted by Gasteiger charge is 2.19. The Bertz CT molecular complexity index is 936. The van der Waals surface area contributed by atoms with Crippen LogP contribution in [0.5, 0.6) is 0 Å². The van der Waals surface area contributed by atoms with Gasteiger partial charge in [0.15, 0.2) is 0 Å². The standard InChI is InChI=1S/C16H12ClFN4O2S2/c1-22(16(23)24)8-12-21-13(10-3-2-6-19-14(10)18)15(26-12)25-9-4-5-11(17)20-7-9/h2-7H,8H2,1H3,(H,23,24). The molecule has 6 nitrogen and oxygen atoms in total. The van der Waals surface area contributed by atoms with Gasteiger partial charge in [-0.1, -0.05) is 23.4 Å². The highest BCUT2D eigenvalue weighted by atomic mass is 35.5. The van der Waals surface area contributed by atoms with Gasteiger partial charge in [0.1, 0.15) is 15.9 Å². The second-order valence-corrected chi connectivity index (χ2v) is 7.96. The largest absolute Gasteiger partial charge is 0.465 e. The lowest BCUT2D eigenvalue weighted by Crippen LogP contribution is -2.23. The molecule has 0 spiro atoms. The fourth-order valence-electron chi connectivity index (χ4n) is 2.02. The summed E-state index contributed by atoms with van der Waals surface area (Å²) in [6.45, 7) is 0.105. The monoisotopic (exact) mass is 410 g/mol. The van der Waals surface area contributed by atoms with E-state index in [2.05, 4.69) is 15.0 Å². The summed E-state index contributed by atoms with van der Waals surface area (Å²) >= 11 is 8.46. The summed E-state index contributed by atoms with van der Waals surface area (Å²) in [5.74, 6) is -0.632. The molecule has 10 heteroatoms. The SMILES string of the molecule is CN(Cc1nc(-c2cccnc2F)c(Sc2ccc(Cl)nc2)s1)C(=O)O. The van der Waals surface area contributed by atoms with Crippen molar-refractivity contribution in [3.05, 3.63) is 52.8 Å². The zero-order valence-corrected chi connectivity index (χ0v) is 15.8. The lowest BCUT2D eigenvalue weighted by Gasteiger charge is -2.09. The topological polar surface area (TPSA) is 79.2 Å². The van der Waals surface area contributed by atoms with E-state index in [-0.39, 0.29) is 12.1 Å². The van der Waals surface area contributed by atoms with Crippen LogP contribution in [0.4, 0.5) is 9.18 Å². The predicted octanol–water partition coefficient (Wildman–Crippen LogP) is 4.65. The molecular weight excluding hydrogens is 399 g/mol. The maximum absolute atomic E-state index is 14.2. The van der Waals surface area contributed by atoms with Crippen molar-refractivity contribution in [1.82, 2.24) is 19.9 Å². The lowest BCUT2D eigenvalue weighted by atomic mass is 10.2. The smallest absolute Gasteiger partial charge is 0.407 e. The van der Waals surface area contributed by atoms with E-state index in [1.54, 1.807) is 30.5 Å². The molecule has 134 valence electrons. The van der Waals surface area contributed by atoms with E-state index in [1.807, 2.05) is 0 Å². The zero-order valence-electron chi connectivity index (χ0n) is 13.4. The molecule has 3 aromatic heterocycles. The molecule has 3 aromatic rings. The Kier molecular flexibility index (Phi) is 5.70. The van der Waals surface area contributed by atoms with Gasteiger partial charge in [-0.25, -0.2) is 19.7 Å². The van der Waals surface area contributed by atoms with Crippen LogP contribution in [0.1, 0.15) is 5.01 Å². The maximum atomic E-state index is 14.2. The highest BCUT2D eigenvalue weighted by molar-refractivity contribution is 8.01. The first-order valence-electron chi connectivity index (χ1n) is 7.28. The van der Waals surface area contributed by atoms with Crippen LogP contribution in [-0.4, -0.2) is 38.1 Å². The first-order chi connectivity index (χ1) is 12.4. The first kappa shape index (κ1) is 18.6. The van der Waals surface area contributed by atoms with Gasteiger partial charge in [0, 0.05) is 24.3 Å². The van der Waals surface area contributed by atoms with E-state index in [9.17, 15) is 9.18 Å². The van der Waals surface area contributed by atoms with Crippen molar-refractivity contribution >= 4 is 40.8 Å². The normalized spacial score (nSPS) is 10.7. The molecule has 0 radical (unpaired) electrons. The minimum Gasteiger partial charge on any atom is -0.465 e. The number of nitrogens with zero attached hydrogens (tertiary/aromatic N) is 4. The van der Waals surface area contributed by atoms with E-state index in [1.165, 1.54) is 36.3 Å². The van der Waals surface area contributed by atoms with Crippen molar-refractivity contribution in [3.8, 4) is 11.3 Å². The average Bonchev–Trinajstić information content (AvgIpc) is 2.99. The number of halogens is 2. The van der Waals surface area contributed by atoms with E-state index in [4.69, 9.17) is 16.7 Å². The molecule has 0 aliphatic carbocycles. The third-order valence-corrected chi connectivity index (χ3v) is 5.68. The van der Waals surface area contributed by atoms with Crippen molar-refractivity contribution in [1.29, 1.82) is 0 Å². The second kappa shape index (κ2) is 7.98. The van der Waals surface area contributed by atoms with Gasteiger partial charge in [0.2, 0.25) is 5.95 Å². The van der Waals surface area contributed by atoms with Gasteiger partial charge in [-0.3, -0.25) is 0 Å². The molecule has 3 heterocycles. The van der Waals surface area contributed by atoms with Crippen LogP contribution in [0, 0.1) is 5.95 Å². The molecule has 0 saturated carbocycles. The molecule has 0 aliphatic rings. The number of carbonyl (C=O) groups is 1. The Balaban J connectivity index is 1.99. The fourth-order valence-corrected chi connectivity index (χ4v) is 4.44. The van der Waals surface area contributed by atoms with Crippen molar-refractivity contribution in [2.45, 2.75) is 15.6 Å². The van der Waals surface area contributed by atoms with Gasteiger partial charge in [0.05, 0.1) is 16.3 Å². The van der Waals surface area contributed by atoms with Crippen LogP contribution in [0.15, 0.2) is 45.8 Å². The molecule has 0 unspecified atom stereocenters. The van der Waals surface area contributed by atoms with Crippen molar-refractivity contribution in [2.75, 3.05) is 7.05 Å². The van der Waals surface area contributed by atoms with Gasteiger partial charge < -0.3 is 10.0 Å². The molecule has 0 saturated heterocycles. The van der Waals surface area contributed by atoms with Gasteiger partial charge in [0.25, 0.3) is 0 Å². The van der Waals surface area contributed by atoms with E-state index in [0.29, 0.717) is 15.9 Å². The molecule has 1 amide bonds. The Morgan fingerprint density at radius 2 is 2.19 bits per heavy atom. The van der Waals surface area contributed by atoms with Gasteiger partial charge in [-0.15, -0.1) is 11.3 Å². The van der Waals surface area contributed by atoms with Crippen molar-refractivity contribution in [3.63, 3.8) is 0 Å². The molecule has 3 rings (SSSR count). The molecule has 0 fully saturated rings. The third-order valence-electron chi connectivity index (χ3n) is 3.26. The summed E-state index contributed by atoms with van der Waals surface area (Å²) < 4.78 is 14.9. The van der Waals surface area contributed by atoms with Gasteiger partial charge in [-0.05, 0) is 24.3 Å². The number of hydrogen-bond donors (Lipinski definition) is 1. The Hall–Kier alpha value is -2.23. The Morgan fingerprint density at radius 3 is 2.85 bits per heavy atom. The minimum absolute atomic E-state index is 0.105. The summed E-state index contributed by atoms with van der Waals surface area (Å²) in [4.78, 5) is 25.1. The van der Waals surface area contributed by atoms with E-state index >= 15 is 0 Å². The molecule has 0 bridgehead atoms. The highest BCUT2D eigenvalue weighted by Crippen LogP contribution is 2.40. The summed E-state index contributed by atoms with van der Waals surface area (Å²) in [5.41, 5.74) is 0.687. The lowest BCUT2D eigenvalue weighted by molar-refractivity contribution is 0.153. The third kappa shape index (κ3) is 4.29. The molecule has 0 atom stereocenters. The van der Waals surface area contributed by atoms with Crippen LogP contribution in [-0.2, 0) is 6.54 Å².